The van der Waals surface area contributed by atoms with E-state index in [1.807, 2.05) is 128 Å². The molecule has 4 amide bonds. The van der Waals surface area contributed by atoms with Crippen LogP contribution in [0.3, 0.4) is 0 Å². The van der Waals surface area contributed by atoms with Crippen molar-refractivity contribution in [1.29, 1.82) is 0 Å². The van der Waals surface area contributed by atoms with Gasteiger partial charge in [0.15, 0.2) is 23.3 Å². The Morgan fingerprint density at radius 3 is 1.12 bits per heavy atom. The van der Waals surface area contributed by atoms with E-state index in [0.29, 0.717) is 159 Å². The smallest absolute Gasteiger partial charge is 0.260 e. The highest BCUT2D eigenvalue weighted by Crippen LogP contribution is 2.47. The lowest BCUT2D eigenvalue weighted by Crippen LogP contribution is -2.48. The molecule has 16 rings (SSSR count). The number of ether oxygens (including phenoxy) is 7. The van der Waals surface area contributed by atoms with Gasteiger partial charge in [0.05, 0.1) is 110 Å². The molecule has 4 aliphatic rings. The Bertz CT molecular complexity index is 6530. The van der Waals surface area contributed by atoms with Crippen molar-refractivity contribution >= 4 is 115 Å². The molecule has 8 aromatic heterocycles. The lowest BCUT2D eigenvalue weighted by molar-refractivity contribution is -0.0588. The molecule has 32 nitrogen and oxygen atoms in total. The van der Waals surface area contributed by atoms with Crippen molar-refractivity contribution in [2.45, 2.75) is 267 Å². The molecule has 0 spiro atoms. The van der Waals surface area contributed by atoms with Crippen LogP contribution in [0.1, 0.15) is 288 Å². The topological polar surface area (TPSA) is 417 Å². The van der Waals surface area contributed by atoms with E-state index in [4.69, 9.17) is 122 Å². The molecular weight excluding hydrogens is 1880 g/mol. The third-order valence-corrected chi connectivity index (χ3v) is 25.8. The van der Waals surface area contributed by atoms with Crippen LogP contribution in [0.15, 0.2) is 73.8 Å². The summed E-state index contributed by atoms with van der Waals surface area (Å²) in [6.45, 7) is 35.9. The van der Waals surface area contributed by atoms with E-state index in [1.165, 1.54) is 24.3 Å². The Morgan fingerprint density at radius 2 is 0.784 bits per heavy atom. The SMILES string of the molecule is Cc1nc(C(C)c2cc(Cl)c(F)c(C(=O)N3CC(C)OC(C)C3)c2OC(C)C)n2ccnc(N)c12.Cc1nc(C(C)c2cc(Cl)c(F)c(C(=O)NC3CCCCC3O)c2OC(C)C)n2ccnc(N)c12.Cc1nc(C(C)c2cc(Cl)c(F)c(C(=O)NC3CCCOC3)c2OC(C)C)n2ccnc(N)c12.Cc1nc(C(C)c2cc(Cl)c(F)c(C(=O)NCC3CCCCO3)c2OC(C)C)n2ccnc(N)c12. The van der Waals surface area contributed by atoms with Gasteiger partial charge in [0.1, 0.15) is 114 Å². The molecule has 10 atom stereocenters. The fourth-order valence-corrected chi connectivity index (χ4v) is 19.2. The molecule has 40 heteroatoms. The Morgan fingerprint density at radius 1 is 0.453 bits per heavy atom. The van der Waals surface area contributed by atoms with E-state index in [2.05, 4.69) is 35.9 Å². The predicted molar refractivity (Wildman–Crippen MR) is 526 cm³/mol. The van der Waals surface area contributed by atoms with Crippen molar-refractivity contribution < 1.29 is 75.0 Å². The molecule has 3 aliphatic heterocycles. The van der Waals surface area contributed by atoms with E-state index in [1.54, 1.807) is 68.3 Å². The number of aromatic nitrogens is 12. The Balaban J connectivity index is 0.000000156. The van der Waals surface area contributed by atoms with Crippen LogP contribution in [0.4, 0.5) is 40.8 Å². The summed E-state index contributed by atoms with van der Waals surface area (Å²) in [5.41, 5.74) is 31.2. The maximum Gasteiger partial charge on any atom is 0.260 e. The Hall–Kier alpha value is -11.6. The number of anilines is 4. The monoisotopic (exact) mass is 2000 g/mol. The summed E-state index contributed by atoms with van der Waals surface area (Å²) in [5, 5.41) is 18.1. The molecule has 1 saturated carbocycles. The van der Waals surface area contributed by atoms with Crippen LogP contribution in [0.25, 0.3) is 22.1 Å². The Labute approximate surface area is 824 Å². The maximum absolute atomic E-state index is 15.5. The highest BCUT2D eigenvalue weighted by Gasteiger charge is 2.40. The fraction of sp³-hybridized carbons (Fsp3) is 0.475. The van der Waals surface area contributed by atoms with Gasteiger partial charge in [0.25, 0.3) is 23.6 Å². The van der Waals surface area contributed by atoms with Crippen molar-refractivity contribution in [2.75, 3.05) is 62.4 Å². The average molecular weight is 2000 g/mol. The molecule has 11 heterocycles. The zero-order valence-electron chi connectivity index (χ0n) is 81.2. The lowest BCUT2D eigenvalue weighted by atomic mass is 9.91. The minimum Gasteiger partial charge on any atom is -0.490 e. The number of carbonyl (C=O) groups is 4. The van der Waals surface area contributed by atoms with Crippen LogP contribution in [-0.4, -0.2) is 191 Å². The number of rotatable bonds is 24. The van der Waals surface area contributed by atoms with Crippen LogP contribution in [0.5, 0.6) is 23.0 Å². The van der Waals surface area contributed by atoms with Crippen LogP contribution in [-0.2, 0) is 14.2 Å². The van der Waals surface area contributed by atoms with Crippen molar-refractivity contribution in [3.63, 3.8) is 0 Å². The first-order valence-corrected chi connectivity index (χ1v) is 48.3. The van der Waals surface area contributed by atoms with Gasteiger partial charge in [-0.2, -0.15) is 0 Å². The third-order valence-electron chi connectivity index (χ3n) is 24.7. The molecule has 139 heavy (non-hydrogen) atoms. The number of hydrogen-bond donors (Lipinski definition) is 8. The van der Waals surface area contributed by atoms with E-state index in [0.717, 1.165) is 44.9 Å². The number of hydrogen-bond acceptors (Lipinski definition) is 24. The zero-order valence-corrected chi connectivity index (χ0v) is 84.2. The summed E-state index contributed by atoms with van der Waals surface area (Å²) in [6.07, 6.45) is 18.5. The van der Waals surface area contributed by atoms with E-state index >= 15 is 17.6 Å². The lowest BCUT2D eigenvalue weighted by Gasteiger charge is -2.36. The number of halogens is 8. The molecule has 4 aromatic carbocycles. The number of amides is 4. The van der Waals surface area contributed by atoms with Gasteiger partial charge in [-0.15, -0.1) is 0 Å². The first-order chi connectivity index (χ1) is 66.0. The number of nitrogens with zero attached hydrogens (tertiary/aromatic N) is 13. The number of morpholine rings is 1. The number of aryl methyl sites for hydroxylation is 4. The molecule has 4 fully saturated rings. The molecule has 12 aromatic rings. The number of nitrogens with two attached hydrogens (primary N) is 4. The van der Waals surface area contributed by atoms with Crippen LogP contribution < -0.4 is 57.8 Å². The zero-order chi connectivity index (χ0) is 101. The highest BCUT2D eigenvalue weighted by atomic mass is 35.5. The largest absolute Gasteiger partial charge is 0.490 e. The second-order valence-corrected chi connectivity index (χ2v) is 38.4. The molecule has 12 N–H and O–H groups in total. The number of aliphatic hydroxyl groups excluding tert-OH is 1. The molecule has 0 radical (unpaired) electrons. The number of imidazole rings is 4. The molecule has 0 bridgehead atoms. The van der Waals surface area contributed by atoms with E-state index in [-0.39, 0.29) is 121 Å². The average Bonchev–Trinajstić information content (AvgIpc) is 1.71. The summed E-state index contributed by atoms with van der Waals surface area (Å²) < 4.78 is 110. The summed E-state index contributed by atoms with van der Waals surface area (Å²) in [4.78, 5) is 90.6. The summed E-state index contributed by atoms with van der Waals surface area (Å²) >= 11 is 25.3. The minimum atomic E-state index is -0.862. The van der Waals surface area contributed by atoms with Gasteiger partial charge in [-0.1, -0.05) is 86.9 Å². The first-order valence-electron chi connectivity index (χ1n) is 46.8. The van der Waals surface area contributed by atoms with E-state index in [9.17, 15) is 24.3 Å². The number of benzene rings is 4. The second kappa shape index (κ2) is 44.9. The van der Waals surface area contributed by atoms with Gasteiger partial charge in [-0.25, -0.2) is 57.4 Å². The second-order valence-electron chi connectivity index (χ2n) is 36.7. The third kappa shape index (κ3) is 22.9. The van der Waals surface area contributed by atoms with Gasteiger partial charge in [0.2, 0.25) is 0 Å². The van der Waals surface area contributed by atoms with Crippen LogP contribution in [0, 0.1) is 51.0 Å². The highest BCUT2D eigenvalue weighted by molar-refractivity contribution is 6.32. The van der Waals surface area contributed by atoms with Crippen molar-refractivity contribution in [3.8, 4) is 23.0 Å². The molecule has 746 valence electrons. The summed E-state index contributed by atoms with van der Waals surface area (Å²) in [7, 11) is 0. The van der Waals surface area contributed by atoms with Crippen molar-refractivity contribution in [3.05, 3.63) is 208 Å². The van der Waals surface area contributed by atoms with Gasteiger partial charge >= 0.3 is 0 Å². The Kier molecular flexibility index (Phi) is 33.8. The van der Waals surface area contributed by atoms with Crippen LogP contribution >= 0.6 is 46.4 Å². The summed E-state index contributed by atoms with van der Waals surface area (Å²) in [5.74, 6) is -2.73. The number of carbonyl (C=O) groups excluding carboxylic acids is 4. The van der Waals surface area contributed by atoms with Gasteiger partial charge < -0.3 is 82.0 Å². The van der Waals surface area contributed by atoms with Gasteiger partial charge in [0, 0.05) is 128 Å². The first kappa shape index (κ1) is 105. The maximum atomic E-state index is 15.5. The molecule has 1 aliphatic carbocycles. The van der Waals surface area contributed by atoms with Crippen molar-refractivity contribution in [1.82, 2.24) is 78.3 Å². The van der Waals surface area contributed by atoms with Crippen molar-refractivity contribution in [2.24, 2.45) is 0 Å². The van der Waals surface area contributed by atoms with Crippen LogP contribution in [0.2, 0.25) is 20.1 Å². The molecule has 10 unspecified atom stereocenters. The number of fused-ring (bicyclic) bond motifs is 4. The van der Waals surface area contributed by atoms with Gasteiger partial charge in [-0.05, 0) is 166 Å². The number of nitrogen functional groups attached to an aromatic ring is 4. The van der Waals surface area contributed by atoms with Gasteiger partial charge in [-0.3, -0.25) is 36.8 Å². The number of aliphatic hydroxyl groups is 1. The van der Waals surface area contributed by atoms with E-state index < -0.39 is 82.7 Å². The molecular formula is C99H122Cl4F4N20O12. The number of nitrogens with one attached hydrogen (secondary N) is 3. The predicted octanol–water partition coefficient (Wildman–Crippen LogP) is 17.9. The minimum absolute atomic E-state index is 0.0962. The normalized spacial score (nSPS) is 18.2. The summed E-state index contributed by atoms with van der Waals surface area (Å²) in [6, 6.07) is 5.33. The fourth-order valence-electron chi connectivity index (χ4n) is 18.3. The molecule has 3 saturated heterocycles. The standard InChI is InChI=1S/3C25H31ClFN5O3.C24H29ClFN5O3/c1-12(2)34-22-17(15(5)24-30-16(6)21-23(28)29-7-8-32(21)24)9-18(26)20(27)19(22)25(33)31-10-13(3)35-14(4)11-31;1-13(2)35-22-17(14(3)24-31-15(4)21-23(28)29-8-9-32(21)24)11-18(26)20(27)19(22)25(33)30-12-16-7-5-6-10-34-16;1-12(2)35-22-15(13(3)24-30-14(4)21-23(28)29-9-10-32(21)24)11-16(26)20(27)19(22)25(34)31-17-7-5-6-8-18(17)33;1-12(2)34-21-16(13(3)23-29-14(4)20-22(27)28-7-8-31(20)23)10-17(25)19(26)18(21)24(32)30-15-6-5-9-33-11-15/h7-9,12-15H,10-11H2,1-6H3,(H2,28,29);8-9,11,13-14,16H,5-7,10,12H2,1-4H3,(H2,28,29)(H,30,33);9-13,17-18,33H,5-8H2,1-4H3,(H2,28,29)(H,31,34);7-8,10,12-13,15H,5-6,9,11H2,1-4H3,(H2,27,28)(H,30,32). The quantitative estimate of drug-likeness (QED) is 0.0260.